The van der Waals surface area contributed by atoms with Gasteiger partial charge in [0.25, 0.3) is 0 Å². The second-order valence-corrected chi connectivity index (χ2v) is 6.66. The van der Waals surface area contributed by atoms with Crippen LogP contribution < -0.4 is 10.6 Å². The van der Waals surface area contributed by atoms with Gasteiger partial charge in [0, 0.05) is 38.1 Å². The van der Waals surface area contributed by atoms with E-state index in [0.29, 0.717) is 6.54 Å². The minimum atomic E-state index is -0.0573. The minimum absolute atomic E-state index is 0.0573. The summed E-state index contributed by atoms with van der Waals surface area (Å²) in [6.45, 7) is 7.96. The van der Waals surface area contributed by atoms with Crippen LogP contribution in [0.4, 0.5) is 4.79 Å². The van der Waals surface area contributed by atoms with E-state index in [-0.39, 0.29) is 11.4 Å². The lowest BCUT2D eigenvalue weighted by atomic mass is 9.92. The van der Waals surface area contributed by atoms with Crippen molar-refractivity contribution in [2.75, 3.05) is 45.9 Å². The number of rotatable bonds is 6. The number of hydrogen-bond acceptors (Lipinski definition) is 3. The van der Waals surface area contributed by atoms with Crippen molar-refractivity contribution in [3.63, 3.8) is 0 Å². The van der Waals surface area contributed by atoms with Gasteiger partial charge in [-0.1, -0.05) is 24.3 Å². The van der Waals surface area contributed by atoms with Crippen LogP contribution in [-0.2, 0) is 10.2 Å². The van der Waals surface area contributed by atoms with E-state index in [9.17, 15) is 4.79 Å². The molecule has 1 aromatic rings. The Bertz CT molecular complexity index is 537. The fraction of sp³-hybridized carbons (Fsp3) is 0.611. The molecule has 1 heterocycles. The fourth-order valence-corrected chi connectivity index (χ4v) is 3.32. The first-order valence-corrected chi connectivity index (χ1v) is 8.58. The molecule has 5 nitrogen and oxygen atoms in total. The summed E-state index contributed by atoms with van der Waals surface area (Å²) in [5.41, 5.74) is 2.86. The summed E-state index contributed by atoms with van der Waals surface area (Å²) in [6.07, 6.45) is 2.32. The predicted molar refractivity (Wildman–Crippen MR) is 90.8 cm³/mol. The highest BCUT2D eigenvalue weighted by Crippen LogP contribution is 2.48. The number of amides is 2. The summed E-state index contributed by atoms with van der Waals surface area (Å²) >= 11 is 0. The van der Waals surface area contributed by atoms with Gasteiger partial charge in [-0.2, -0.15) is 0 Å². The number of nitrogens with zero attached hydrogens (tertiary/aromatic N) is 1. The number of ether oxygens (including phenoxy) is 1. The van der Waals surface area contributed by atoms with Crippen molar-refractivity contribution < 1.29 is 9.53 Å². The van der Waals surface area contributed by atoms with Crippen molar-refractivity contribution in [2.24, 2.45) is 0 Å². The van der Waals surface area contributed by atoms with Gasteiger partial charge in [-0.05, 0) is 30.9 Å². The molecule has 5 heteroatoms. The van der Waals surface area contributed by atoms with E-state index >= 15 is 0 Å². The van der Waals surface area contributed by atoms with Crippen LogP contribution in [0.1, 0.15) is 24.0 Å². The van der Waals surface area contributed by atoms with Crippen LogP contribution in [0.15, 0.2) is 24.3 Å². The van der Waals surface area contributed by atoms with Crippen LogP contribution in [0.5, 0.6) is 0 Å². The SMILES string of the molecule is Cc1ccccc1C1(CNC(=O)NCCN2CCOCC2)CC1. The quantitative estimate of drug-likeness (QED) is 0.839. The Balaban J connectivity index is 1.40. The molecule has 1 aliphatic carbocycles. The number of carbonyl (C=O) groups excluding carboxylic acids is 1. The second-order valence-electron chi connectivity index (χ2n) is 6.66. The molecule has 126 valence electrons. The van der Waals surface area contributed by atoms with Gasteiger partial charge in [0.1, 0.15) is 0 Å². The molecule has 1 aromatic carbocycles. The summed E-state index contributed by atoms with van der Waals surface area (Å²) in [4.78, 5) is 14.3. The van der Waals surface area contributed by atoms with Crippen molar-refractivity contribution in [3.05, 3.63) is 35.4 Å². The van der Waals surface area contributed by atoms with Crippen molar-refractivity contribution in [1.82, 2.24) is 15.5 Å². The van der Waals surface area contributed by atoms with Crippen molar-refractivity contribution >= 4 is 6.03 Å². The molecule has 0 bridgehead atoms. The van der Waals surface area contributed by atoms with Gasteiger partial charge in [-0.25, -0.2) is 4.79 Å². The molecule has 1 aliphatic heterocycles. The first kappa shape index (κ1) is 16.3. The van der Waals surface area contributed by atoms with Crippen molar-refractivity contribution in [2.45, 2.75) is 25.2 Å². The Kier molecular flexibility index (Phi) is 5.18. The van der Waals surface area contributed by atoms with Gasteiger partial charge in [0.2, 0.25) is 0 Å². The number of morpholine rings is 1. The standard InChI is InChI=1S/C18H27N3O2/c1-15-4-2-3-5-16(15)18(6-7-18)14-20-17(22)19-8-9-21-10-12-23-13-11-21/h2-5H,6-14H2,1H3,(H2,19,20,22). The molecule has 1 saturated carbocycles. The van der Waals surface area contributed by atoms with Crippen LogP contribution in [0.2, 0.25) is 0 Å². The zero-order chi connectivity index (χ0) is 16.1. The third kappa shape index (κ3) is 4.24. The van der Waals surface area contributed by atoms with Crippen molar-refractivity contribution in [3.8, 4) is 0 Å². The third-order valence-electron chi connectivity index (χ3n) is 4.97. The van der Waals surface area contributed by atoms with Crippen LogP contribution in [0, 0.1) is 6.92 Å². The zero-order valence-electron chi connectivity index (χ0n) is 13.9. The van der Waals surface area contributed by atoms with Crippen molar-refractivity contribution in [1.29, 1.82) is 0 Å². The fourth-order valence-electron chi connectivity index (χ4n) is 3.32. The maximum absolute atomic E-state index is 12.0. The summed E-state index contributed by atoms with van der Waals surface area (Å²) in [5, 5.41) is 6.02. The Labute approximate surface area is 138 Å². The highest BCUT2D eigenvalue weighted by atomic mass is 16.5. The van der Waals surface area contributed by atoms with Gasteiger partial charge < -0.3 is 15.4 Å². The van der Waals surface area contributed by atoms with Crippen LogP contribution in [-0.4, -0.2) is 56.9 Å². The number of nitrogens with one attached hydrogen (secondary N) is 2. The third-order valence-corrected chi connectivity index (χ3v) is 4.97. The highest BCUT2D eigenvalue weighted by Gasteiger charge is 2.45. The largest absolute Gasteiger partial charge is 0.379 e. The van der Waals surface area contributed by atoms with Gasteiger partial charge >= 0.3 is 6.03 Å². The number of urea groups is 1. The van der Waals surface area contributed by atoms with Crippen LogP contribution in [0.25, 0.3) is 0 Å². The first-order chi connectivity index (χ1) is 11.2. The smallest absolute Gasteiger partial charge is 0.314 e. The Morgan fingerprint density at radius 2 is 1.96 bits per heavy atom. The number of aryl methyl sites for hydroxylation is 1. The average molecular weight is 317 g/mol. The summed E-state index contributed by atoms with van der Waals surface area (Å²) in [6, 6.07) is 8.45. The van der Waals surface area contributed by atoms with E-state index in [1.54, 1.807) is 0 Å². The molecule has 0 aromatic heterocycles. The summed E-state index contributed by atoms with van der Waals surface area (Å²) < 4.78 is 5.32. The van der Waals surface area contributed by atoms with E-state index in [1.165, 1.54) is 11.1 Å². The lowest BCUT2D eigenvalue weighted by Crippen LogP contribution is -2.45. The second kappa shape index (κ2) is 7.32. The molecule has 2 fully saturated rings. The molecule has 0 radical (unpaired) electrons. The topological polar surface area (TPSA) is 53.6 Å². The Hall–Kier alpha value is -1.59. The number of benzene rings is 1. The molecule has 23 heavy (non-hydrogen) atoms. The maximum Gasteiger partial charge on any atom is 0.314 e. The number of hydrogen-bond donors (Lipinski definition) is 2. The predicted octanol–water partition coefficient (Wildman–Crippen LogP) is 1.66. The lowest BCUT2D eigenvalue weighted by Gasteiger charge is -2.26. The lowest BCUT2D eigenvalue weighted by molar-refractivity contribution is 0.0387. The van der Waals surface area contributed by atoms with E-state index in [2.05, 4.69) is 46.7 Å². The molecule has 1 saturated heterocycles. The first-order valence-electron chi connectivity index (χ1n) is 8.58. The Morgan fingerprint density at radius 3 is 2.65 bits per heavy atom. The summed E-state index contributed by atoms with van der Waals surface area (Å²) in [5.74, 6) is 0. The van der Waals surface area contributed by atoms with Gasteiger partial charge in [0.15, 0.2) is 0 Å². The average Bonchev–Trinajstić information content (AvgIpc) is 3.35. The monoisotopic (exact) mass is 317 g/mol. The van der Waals surface area contributed by atoms with Crippen LogP contribution >= 0.6 is 0 Å². The van der Waals surface area contributed by atoms with Gasteiger partial charge in [-0.3, -0.25) is 4.90 Å². The van der Waals surface area contributed by atoms with E-state index in [4.69, 9.17) is 4.74 Å². The van der Waals surface area contributed by atoms with E-state index < -0.39 is 0 Å². The molecule has 3 rings (SSSR count). The molecule has 0 spiro atoms. The number of carbonyl (C=O) groups is 1. The maximum atomic E-state index is 12.0. The minimum Gasteiger partial charge on any atom is -0.379 e. The molecular weight excluding hydrogens is 290 g/mol. The normalized spacial score (nSPS) is 20.0. The van der Waals surface area contributed by atoms with Crippen LogP contribution in [0.3, 0.4) is 0 Å². The molecule has 0 atom stereocenters. The van der Waals surface area contributed by atoms with Gasteiger partial charge in [0.05, 0.1) is 13.2 Å². The molecule has 2 amide bonds. The van der Waals surface area contributed by atoms with E-state index in [1.807, 2.05) is 0 Å². The Morgan fingerprint density at radius 1 is 1.22 bits per heavy atom. The molecule has 2 N–H and O–H groups in total. The molecular formula is C18H27N3O2. The highest BCUT2D eigenvalue weighted by molar-refractivity contribution is 5.74. The van der Waals surface area contributed by atoms with E-state index in [0.717, 1.165) is 52.2 Å². The molecule has 0 unspecified atom stereocenters. The van der Waals surface area contributed by atoms with Gasteiger partial charge in [-0.15, -0.1) is 0 Å². The summed E-state index contributed by atoms with van der Waals surface area (Å²) in [7, 11) is 0. The zero-order valence-corrected chi connectivity index (χ0v) is 13.9. The molecule has 2 aliphatic rings.